The SMILES string of the molecule is COCCCNC(=O)C1CCCN(c2nc3c(F)cccc3s2)C1. The van der Waals surface area contributed by atoms with Crippen LogP contribution in [0, 0.1) is 11.7 Å². The van der Waals surface area contributed by atoms with E-state index in [-0.39, 0.29) is 17.6 Å². The van der Waals surface area contributed by atoms with E-state index in [1.807, 2.05) is 6.07 Å². The van der Waals surface area contributed by atoms with E-state index < -0.39 is 0 Å². The van der Waals surface area contributed by atoms with Gasteiger partial charge in [0.05, 0.1) is 10.6 Å². The molecule has 1 aromatic carbocycles. The third kappa shape index (κ3) is 3.84. The van der Waals surface area contributed by atoms with E-state index in [1.165, 1.54) is 17.4 Å². The molecule has 1 aromatic heterocycles. The van der Waals surface area contributed by atoms with Gasteiger partial charge in [-0.15, -0.1) is 0 Å². The number of thiazole rings is 1. The van der Waals surface area contributed by atoms with E-state index in [4.69, 9.17) is 4.74 Å². The van der Waals surface area contributed by atoms with Crippen molar-refractivity contribution in [3.05, 3.63) is 24.0 Å². The molecule has 1 aliphatic heterocycles. The summed E-state index contributed by atoms with van der Waals surface area (Å²) >= 11 is 1.48. The number of carbonyl (C=O) groups excluding carboxylic acids is 1. The molecule has 130 valence electrons. The summed E-state index contributed by atoms with van der Waals surface area (Å²) in [6.07, 6.45) is 2.64. The van der Waals surface area contributed by atoms with Crippen molar-refractivity contribution < 1.29 is 13.9 Å². The van der Waals surface area contributed by atoms with E-state index in [2.05, 4.69) is 15.2 Å². The highest BCUT2D eigenvalue weighted by molar-refractivity contribution is 7.22. The first kappa shape index (κ1) is 17.1. The predicted octanol–water partition coefficient (Wildman–Crippen LogP) is 2.80. The Morgan fingerprint density at radius 1 is 1.54 bits per heavy atom. The van der Waals surface area contributed by atoms with Gasteiger partial charge < -0.3 is 15.0 Å². The Kier molecular flexibility index (Phi) is 5.63. The highest BCUT2D eigenvalue weighted by atomic mass is 32.1. The Morgan fingerprint density at radius 3 is 3.21 bits per heavy atom. The van der Waals surface area contributed by atoms with Crippen molar-refractivity contribution in [2.45, 2.75) is 19.3 Å². The topological polar surface area (TPSA) is 54.5 Å². The number of benzene rings is 1. The molecular weight excluding hydrogens is 329 g/mol. The van der Waals surface area contributed by atoms with Crippen molar-refractivity contribution in [3.8, 4) is 0 Å². The number of rotatable bonds is 6. The Labute approximate surface area is 144 Å². The third-order valence-electron chi connectivity index (χ3n) is 4.25. The number of para-hydroxylation sites is 1. The summed E-state index contributed by atoms with van der Waals surface area (Å²) in [6.45, 7) is 2.77. The largest absolute Gasteiger partial charge is 0.385 e. The molecule has 0 radical (unpaired) electrons. The minimum atomic E-state index is -0.292. The maximum atomic E-state index is 13.8. The Morgan fingerprint density at radius 2 is 2.42 bits per heavy atom. The molecule has 3 rings (SSSR count). The number of nitrogens with one attached hydrogen (secondary N) is 1. The van der Waals surface area contributed by atoms with Gasteiger partial charge in [-0.1, -0.05) is 17.4 Å². The Hall–Kier alpha value is -1.73. The van der Waals surface area contributed by atoms with Crippen LogP contribution in [-0.2, 0) is 9.53 Å². The molecule has 1 amide bonds. The minimum absolute atomic E-state index is 0.0434. The number of aromatic nitrogens is 1. The molecule has 1 N–H and O–H groups in total. The fraction of sp³-hybridized carbons (Fsp3) is 0.529. The van der Waals surface area contributed by atoms with Crippen LogP contribution in [0.2, 0.25) is 0 Å². The number of methoxy groups -OCH3 is 1. The maximum absolute atomic E-state index is 13.8. The van der Waals surface area contributed by atoms with Crippen LogP contribution in [0.4, 0.5) is 9.52 Å². The molecule has 1 unspecified atom stereocenters. The van der Waals surface area contributed by atoms with Crippen LogP contribution < -0.4 is 10.2 Å². The summed E-state index contributed by atoms with van der Waals surface area (Å²) in [5.41, 5.74) is 0.420. The number of halogens is 1. The van der Waals surface area contributed by atoms with Crippen molar-refractivity contribution in [2.24, 2.45) is 5.92 Å². The van der Waals surface area contributed by atoms with E-state index in [1.54, 1.807) is 13.2 Å². The maximum Gasteiger partial charge on any atom is 0.224 e. The summed E-state index contributed by atoms with van der Waals surface area (Å²) in [7, 11) is 1.65. The van der Waals surface area contributed by atoms with Gasteiger partial charge in [0.1, 0.15) is 11.3 Å². The lowest BCUT2D eigenvalue weighted by atomic mass is 9.97. The highest BCUT2D eigenvalue weighted by Gasteiger charge is 2.27. The first-order chi connectivity index (χ1) is 11.7. The molecule has 0 spiro atoms. The van der Waals surface area contributed by atoms with Crippen LogP contribution in [0.15, 0.2) is 18.2 Å². The lowest BCUT2D eigenvalue weighted by Gasteiger charge is -2.31. The minimum Gasteiger partial charge on any atom is -0.385 e. The van der Waals surface area contributed by atoms with Gasteiger partial charge in [0.15, 0.2) is 5.13 Å². The summed E-state index contributed by atoms with van der Waals surface area (Å²) in [5.74, 6) is -0.249. The van der Waals surface area contributed by atoms with Crippen molar-refractivity contribution in [1.29, 1.82) is 0 Å². The number of hydrogen-bond acceptors (Lipinski definition) is 5. The fourth-order valence-electron chi connectivity index (χ4n) is 2.98. The van der Waals surface area contributed by atoms with Gasteiger partial charge >= 0.3 is 0 Å². The molecule has 2 heterocycles. The van der Waals surface area contributed by atoms with Gasteiger partial charge in [-0.05, 0) is 31.4 Å². The molecule has 0 aliphatic carbocycles. The molecule has 0 bridgehead atoms. The van der Waals surface area contributed by atoms with Gasteiger partial charge in [-0.3, -0.25) is 4.79 Å². The van der Waals surface area contributed by atoms with E-state index in [9.17, 15) is 9.18 Å². The van der Waals surface area contributed by atoms with Crippen molar-refractivity contribution in [1.82, 2.24) is 10.3 Å². The Balaban J connectivity index is 1.64. The molecule has 1 aliphatic rings. The number of amides is 1. The van der Waals surface area contributed by atoms with E-state index in [0.717, 1.165) is 35.6 Å². The molecule has 1 atom stereocenters. The van der Waals surface area contributed by atoms with E-state index >= 15 is 0 Å². The van der Waals surface area contributed by atoms with Crippen LogP contribution in [0.5, 0.6) is 0 Å². The van der Waals surface area contributed by atoms with Gasteiger partial charge in [0, 0.05) is 33.4 Å². The summed E-state index contributed by atoms with van der Waals surface area (Å²) in [5, 5.41) is 3.77. The highest BCUT2D eigenvalue weighted by Crippen LogP contribution is 2.32. The average Bonchev–Trinajstić information content (AvgIpc) is 3.04. The number of nitrogens with zero attached hydrogens (tertiary/aromatic N) is 2. The van der Waals surface area contributed by atoms with Gasteiger partial charge in [0.25, 0.3) is 0 Å². The first-order valence-electron chi connectivity index (χ1n) is 8.25. The molecule has 1 saturated heterocycles. The summed E-state index contributed by atoms with van der Waals surface area (Å²) in [6, 6.07) is 5.01. The van der Waals surface area contributed by atoms with Crippen molar-refractivity contribution in [2.75, 3.05) is 38.3 Å². The normalized spacial score (nSPS) is 18.1. The molecule has 0 saturated carbocycles. The monoisotopic (exact) mass is 351 g/mol. The zero-order valence-corrected chi connectivity index (χ0v) is 14.6. The smallest absolute Gasteiger partial charge is 0.224 e. The Bertz CT molecular complexity index is 706. The van der Waals surface area contributed by atoms with Crippen molar-refractivity contribution >= 4 is 32.6 Å². The van der Waals surface area contributed by atoms with Crippen LogP contribution in [0.3, 0.4) is 0 Å². The molecule has 2 aromatic rings. The van der Waals surface area contributed by atoms with Gasteiger partial charge in [-0.25, -0.2) is 9.37 Å². The first-order valence-corrected chi connectivity index (χ1v) is 9.07. The van der Waals surface area contributed by atoms with Crippen LogP contribution in [0.1, 0.15) is 19.3 Å². The average molecular weight is 351 g/mol. The van der Waals surface area contributed by atoms with Crippen LogP contribution >= 0.6 is 11.3 Å². The molecule has 7 heteroatoms. The standard InChI is InChI=1S/C17H22FN3O2S/c1-23-10-4-8-19-16(22)12-5-3-9-21(11-12)17-20-15-13(18)6-2-7-14(15)24-17/h2,6-7,12H,3-5,8-11H2,1H3,(H,19,22). The lowest BCUT2D eigenvalue weighted by molar-refractivity contribution is -0.125. The van der Waals surface area contributed by atoms with Crippen LogP contribution in [0.25, 0.3) is 10.2 Å². The second kappa shape index (κ2) is 7.90. The third-order valence-corrected chi connectivity index (χ3v) is 5.33. The number of carbonyl (C=O) groups is 1. The quantitative estimate of drug-likeness (QED) is 0.813. The predicted molar refractivity (Wildman–Crippen MR) is 94.0 cm³/mol. The molecule has 5 nitrogen and oxygen atoms in total. The zero-order chi connectivity index (χ0) is 16.9. The van der Waals surface area contributed by atoms with E-state index in [0.29, 0.717) is 25.2 Å². The zero-order valence-electron chi connectivity index (χ0n) is 13.8. The second-order valence-electron chi connectivity index (χ2n) is 6.01. The number of hydrogen-bond donors (Lipinski definition) is 1. The number of fused-ring (bicyclic) bond motifs is 1. The van der Waals surface area contributed by atoms with Gasteiger partial charge in [0.2, 0.25) is 5.91 Å². The second-order valence-corrected chi connectivity index (χ2v) is 7.01. The van der Waals surface area contributed by atoms with Gasteiger partial charge in [-0.2, -0.15) is 0 Å². The summed E-state index contributed by atoms with van der Waals surface area (Å²) < 4.78 is 19.7. The molecular formula is C17H22FN3O2S. The number of piperidine rings is 1. The van der Waals surface area contributed by atoms with Crippen molar-refractivity contribution in [3.63, 3.8) is 0 Å². The molecule has 24 heavy (non-hydrogen) atoms. The fourth-order valence-corrected chi connectivity index (χ4v) is 3.99. The number of anilines is 1. The van der Waals surface area contributed by atoms with Crippen LogP contribution in [-0.4, -0.2) is 44.2 Å². The molecule has 1 fully saturated rings. The lowest BCUT2D eigenvalue weighted by Crippen LogP contribution is -2.43. The number of ether oxygens (including phenoxy) is 1. The summed E-state index contributed by atoms with van der Waals surface area (Å²) in [4.78, 5) is 18.9.